The number of hydrogen-bond donors (Lipinski definition) is 1. The Bertz CT molecular complexity index is 806. The van der Waals surface area contributed by atoms with Crippen molar-refractivity contribution in [3.63, 3.8) is 0 Å². The highest BCUT2D eigenvalue weighted by Crippen LogP contribution is 2.15. The number of rotatable bonds is 10. The maximum atomic E-state index is 14.0. The summed E-state index contributed by atoms with van der Waals surface area (Å²) >= 11 is 0. The Balaban J connectivity index is 1.58. The SMILES string of the molecule is O[C@@H](COCc1ccco1)CN(Cc1ccco1)Cc1ccc(F)cc1F. The molecule has 3 aromatic rings. The molecule has 0 aliphatic carbocycles. The summed E-state index contributed by atoms with van der Waals surface area (Å²) in [5.41, 5.74) is 0.340. The van der Waals surface area contributed by atoms with E-state index < -0.39 is 17.7 Å². The number of aliphatic hydroxyl groups excluding tert-OH is 1. The number of halogens is 2. The number of furan rings is 2. The van der Waals surface area contributed by atoms with Crippen LogP contribution in [-0.4, -0.2) is 29.3 Å². The van der Waals surface area contributed by atoms with Gasteiger partial charge in [-0.15, -0.1) is 0 Å². The number of aliphatic hydroxyl groups is 1. The van der Waals surface area contributed by atoms with Crippen molar-refractivity contribution in [2.24, 2.45) is 0 Å². The third-order valence-corrected chi connectivity index (χ3v) is 3.97. The third-order valence-electron chi connectivity index (χ3n) is 3.97. The van der Waals surface area contributed by atoms with Gasteiger partial charge in [-0.05, 0) is 30.3 Å². The average molecular weight is 377 g/mol. The Kier molecular flexibility index (Phi) is 6.75. The van der Waals surface area contributed by atoms with Crippen LogP contribution in [0.5, 0.6) is 0 Å². The minimum atomic E-state index is -0.793. The van der Waals surface area contributed by atoms with Crippen LogP contribution in [0.2, 0.25) is 0 Å². The molecule has 2 aromatic heterocycles. The van der Waals surface area contributed by atoms with Gasteiger partial charge in [0.25, 0.3) is 0 Å². The minimum Gasteiger partial charge on any atom is -0.468 e. The van der Waals surface area contributed by atoms with E-state index in [0.29, 0.717) is 23.6 Å². The fraction of sp³-hybridized carbons (Fsp3) is 0.300. The lowest BCUT2D eigenvalue weighted by Gasteiger charge is -2.24. The molecule has 1 aromatic carbocycles. The van der Waals surface area contributed by atoms with E-state index in [4.69, 9.17) is 13.6 Å². The first-order valence-corrected chi connectivity index (χ1v) is 8.57. The molecule has 0 unspecified atom stereocenters. The normalized spacial score (nSPS) is 12.6. The third kappa shape index (κ3) is 6.02. The summed E-state index contributed by atoms with van der Waals surface area (Å²) in [4.78, 5) is 1.82. The van der Waals surface area contributed by atoms with E-state index in [0.717, 1.165) is 6.07 Å². The summed E-state index contributed by atoms with van der Waals surface area (Å²) in [7, 11) is 0. The van der Waals surface area contributed by atoms with Gasteiger partial charge >= 0.3 is 0 Å². The zero-order chi connectivity index (χ0) is 19.1. The molecule has 27 heavy (non-hydrogen) atoms. The van der Waals surface area contributed by atoms with Crippen LogP contribution < -0.4 is 0 Å². The van der Waals surface area contributed by atoms with Crippen LogP contribution in [0.4, 0.5) is 8.78 Å². The predicted octanol–water partition coefficient (Wildman–Crippen LogP) is 3.73. The van der Waals surface area contributed by atoms with Gasteiger partial charge < -0.3 is 18.7 Å². The molecule has 0 amide bonds. The van der Waals surface area contributed by atoms with E-state index in [1.54, 1.807) is 36.8 Å². The predicted molar refractivity (Wildman–Crippen MR) is 93.6 cm³/mol. The van der Waals surface area contributed by atoms with Crippen LogP contribution in [-0.2, 0) is 24.4 Å². The second-order valence-electron chi connectivity index (χ2n) is 6.23. The molecule has 2 heterocycles. The molecular weight excluding hydrogens is 356 g/mol. The Morgan fingerprint density at radius 2 is 1.74 bits per heavy atom. The summed E-state index contributed by atoms with van der Waals surface area (Å²) in [5.74, 6) is 0.104. The lowest BCUT2D eigenvalue weighted by molar-refractivity contribution is 0.00147. The standard InChI is InChI=1S/C20H21F2NO4/c21-16-6-5-15(20(22)9-16)10-23(12-18-3-1-7-26-18)11-17(24)13-25-14-19-4-2-8-27-19/h1-9,17,24H,10-14H2/t17-/m1/s1. The summed E-state index contributed by atoms with van der Waals surface area (Å²) in [6.07, 6.45) is 2.31. The second kappa shape index (κ2) is 9.45. The molecule has 0 aliphatic rings. The Labute approximate surface area is 155 Å². The first-order chi connectivity index (χ1) is 13.1. The summed E-state index contributed by atoms with van der Waals surface area (Å²) in [6.45, 7) is 1.16. The average Bonchev–Trinajstić information content (AvgIpc) is 3.31. The summed E-state index contributed by atoms with van der Waals surface area (Å²) in [5, 5.41) is 10.3. The van der Waals surface area contributed by atoms with Crippen LogP contribution in [0.25, 0.3) is 0 Å². The molecule has 1 N–H and O–H groups in total. The van der Waals surface area contributed by atoms with E-state index in [1.165, 1.54) is 12.1 Å². The topological polar surface area (TPSA) is 59.0 Å². The largest absolute Gasteiger partial charge is 0.468 e. The van der Waals surface area contributed by atoms with Crippen molar-refractivity contribution in [2.75, 3.05) is 13.2 Å². The number of nitrogens with zero attached hydrogens (tertiary/aromatic N) is 1. The zero-order valence-corrected chi connectivity index (χ0v) is 14.7. The highest BCUT2D eigenvalue weighted by molar-refractivity contribution is 5.18. The first kappa shape index (κ1) is 19.3. The maximum Gasteiger partial charge on any atom is 0.130 e. The molecule has 0 saturated heterocycles. The molecule has 7 heteroatoms. The molecule has 0 bridgehead atoms. The Morgan fingerprint density at radius 3 is 2.41 bits per heavy atom. The van der Waals surface area contributed by atoms with Crippen molar-refractivity contribution in [1.82, 2.24) is 4.90 Å². The van der Waals surface area contributed by atoms with E-state index in [1.807, 2.05) is 4.90 Å². The monoisotopic (exact) mass is 377 g/mol. The van der Waals surface area contributed by atoms with Gasteiger partial charge in [0.1, 0.15) is 29.8 Å². The molecule has 1 atom stereocenters. The first-order valence-electron chi connectivity index (χ1n) is 8.57. The van der Waals surface area contributed by atoms with Gasteiger partial charge in [-0.1, -0.05) is 6.07 Å². The number of hydrogen-bond acceptors (Lipinski definition) is 5. The summed E-state index contributed by atoms with van der Waals surface area (Å²) < 4.78 is 43.1. The Hall–Kier alpha value is -2.48. The van der Waals surface area contributed by atoms with Crippen LogP contribution in [0.1, 0.15) is 17.1 Å². The van der Waals surface area contributed by atoms with Crippen molar-refractivity contribution in [3.8, 4) is 0 Å². The van der Waals surface area contributed by atoms with Gasteiger partial charge in [0, 0.05) is 24.7 Å². The van der Waals surface area contributed by atoms with Crippen molar-refractivity contribution in [1.29, 1.82) is 0 Å². The maximum absolute atomic E-state index is 14.0. The molecule has 5 nitrogen and oxygen atoms in total. The van der Waals surface area contributed by atoms with Gasteiger partial charge in [-0.3, -0.25) is 4.90 Å². The van der Waals surface area contributed by atoms with Crippen LogP contribution in [0.3, 0.4) is 0 Å². The second-order valence-corrected chi connectivity index (χ2v) is 6.23. The van der Waals surface area contributed by atoms with Crippen LogP contribution in [0.15, 0.2) is 63.8 Å². The fourth-order valence-electron chi connectivity index (χ4n) is 2.74. The van der Waals surface area contributed by atoms with Gasteiger partial charge in [0.15, 0.2) is 0 Å². The van der Waals surface area contributed by atoms with Gasteiger partial charge in [-0.25, -0.2) is 8.78 Å². The molecule has 3 rings (SSSR count). The quantitative estimate of drug-likeness (QED) is 0.583. The van der Waals surface area contributed by atoms with Crippen LogP contribution >= 0.6 is 0 Å². The van der Waals surface area contributed by atoms with E-state index in [-0.39, 0.29) is 26.3 Å². The lowest BCUT2D eigenvalue weighted by Crippen LogP contribution is -2.34. The molecule has 0 aliphatic heterocycles. The van der Waals surface area contributed by atoms with Crippen molar-refractivity contribution in [2.45, 2.75) is 25.8 Å². The smallest absolute Gasteiger partial charge is 0.130 e. The number of ether oxygens (including phenoxy) is 1. The Morgan fingerprint density at radius 1 is 1.00 bits per heavy atom. The highest BCUT2D eigenvalue weighted by atomic mass is 19.1. The van der Waals surface area contributed by atoms with E-state index in [2.05, 4.69) is 0 Å². The highest BCUT2D eigenvalue weighted by Gasteiger charge is 2.16. The zero-order valence-electron chi connectivity index (χ0n) is 14.7. The fourth-order valence-corrected chi connectivity index (χ4v) is 2.74. The lowest BCUT2D eigenvalue weighted by atomic mass is 10.1. The van der Waals surface area contributed by atoms with Crippen molar-refractivity contribution in [3.05, 3.63) is 83.7 Å². The molecule has 144 valence electrons. The molecule has 0 radical (unpaired) electrons. The molecular formula is C20H21F2NO4. The van der Waals surface area contributed by atoms with Crippen molar-refractivity contribution < 1.29 is 27.5 Å². The van der Waals surface area contributed by atoms with E-state index >= 15 is 0 Å². The van der Waals surface area contributed by atoms with E-state index in [9.17, 15) is 13.9 Å². The molecule has 0 spiro atoms. The van der Waals surface area contributed by atoms with Gasteiger partial charge in [0.05, 0.1) is 31.8 Å². The van der Waals surface area contributed by atoms with Crippen LogP contribution in [0, 0.1) is 11.6 Å². The van der Waals surface area contributed by atoms with Crippen molar-refractivity contribution >= 4 is 0 Å². The van der Waals surface area contributed by atoms with Gasteiger partial charge in [0.2, 0.25) is 0 Å². The molecule has 0 fully saturated rings. The van der Waals surface area contributed by atoms with Gasteiger partial charge in [-0.2, -0.15) is 0 Å². The summed E-state index contributed by atoms with van der Waals surface area (Å²) in [6, 6.07) is 10.6. The molecule has 0 saturated carbocycles. The number of benzene rings is 1. The minimum absolute atomic E-state index is 0.0985.